The van der Waals surface area contributed by atoms with Gasteiger partial charge in [-0.15, -0.1) is 11.3 Å². The Labute approximate surface area is 181 Å². The molecule has 0 aliphatic carbocycles. The zero-order valence-corrected chi connectivity index (χ0v) is 17.8. The summed E-state index contributed by atoms with van der Waals surface area (Å²) >= 11 is 0.986. The van der Waals surface area contributed by atoms with Crippen molar-refractivity contribution in [3.63, 3.8) is 0 Å². The number of thiophene rings is 1. The van der Waals surface area contributed by atoms with Crippen LogP contribution in [-0.4, -0.2) is 25.2 Å². The van der Waals surface area contributed by atoms with Crippen LogP contribution in [0.3, 0.4) is 0 Å². The van der Waals surface area contributed by atoms with Crippen molar-refractivity contribution in [2.45, 2.75) is 25.8 Å². The zero-order valence-electron chi connectivity index (χ0n) is 16.9. The minimum Gasteiger partial charge on any atom is -0.477 e. The molecule has 4 rings (SSSR count). The van der Waals surface area contributed by atoms with Crippen molar-refractivity contribution in [3.8, 4) is 0 Å². The Bertz CT molecular complexity index is 1360. The summed E-state index contributed by atoms with van der Waals surface area (Å²) in [5.41, 5.74) is 1.47. The zero-order chi connectivity index (χ0) is 22.0. The Kier molecular flexibility index (Phi) is 5.81. The van der Waals surface area contributed by atoms with Gasteiger partial charge in [0.2, 0.25) is 0 Å². The van der Waals surface area contributed by atoms with E-state index in [4.69, 9.17) is 0 Å². The quantitative estimate of drug-likeness (QED) is 0.481. The third-order valence-corrected chi connectivity index (χ3v) is 6.56. The second kappa shape index (κ2) is 8.69. The van der Waals surface area contributed by atoms with Crippen LogP contribution < -0.4 is 11.2 Å². The van der Waals surface area contributed by atoms with Gasteiger partial charge in [-0.05, 0) is 42.0 Å². The van der Waals surface area contributed by atoms with E-state index in [1.807, 2.05) is 42.5 Å². The second-order valence-corrected chi connectivity index (χ2v) is 8.33. The van der Waals surface area contributed by atoms with Gasteiger partial charge in [0.1, 0.15) is 9.71 Å². The van der Waals surface area contributed by atoms with Crippen molar-refractivity contribution in [1.82, 2.24) is 14.1 Å². The van der Waals surface area contributed by atoms with Gasteiger partial charge in [0.25, 0.3) is 5.56 Å². The van der Waals surface area contributed by atoms with Crippen LogP contribution in [0.25, 0.3) is 10.2 Å². The Morgan fingerprint density at radius 1 is 1.06 bits per heavy atom. The lowest BCUT2D eigenvalue weighted by molar-refractivity contribution is 0.0701. The smallest absolute Gasteiger partial charge is 0.346 e. The molecule has 158 valence electrons. The van der Waals surface area contributed by atoms with Crippen molar-refractivity contribution < 1.29 is 9.90 Å². The molecule has 0 amide bonds. The maximum absolute atomic E-state index is 13.3. The lowest BCUT2D eigenvalue weighted by Crippen LogP contribution is -2.39. The maximum atomic E-state index is 13.3. The van der Waals surface area contributed by atoms with E-state index in [1.165, 1.54) is 9.13 Å². The molecule has 3 heterocycles. The van der Waals surface area contributed by atoms with Gasteiger partial charge in [-0.25, -0.2) is 9.59 Å². The molecule has 0 saturated heterocycles. The monoisotopic (exact) mass is 435 g/mol. The molecule has 31 heavy (non-hydrogen) atoms. The number of benzene rings is 1. The highest BCUT2D eigenvalue weighted by molar-refractivity contribution is 7.20. The molecule has 0 saturated carbocycles. The van der Waals surface area contributed by atoms with Crippen LogP contribution in [0, 0.1) is 0 Å². The first-order valence-electron chi connectivity index (χ1n) is 9.88. The van der Waals surface area contributed by atoms with Crippen molar-refractivity contribution in [2.75, 3.05) is 0 Å². The minimum absolute atomic E-state index is 0.116. The van der Waals surface area contributed by atoms with Crippen molar-refractivity contribution in [1.29, 1.82) is 0 Å². The number of aryl methyl sites for hydroxylation is 3. The molecule has 0 aliphatic rings. The van der Waals surface area contributed by atoms with Crippen molar-refractivity contribution in [2.24, 2.45) is 7.05 Å². The first kappa shape index (κ1) is 20.7. The minimum atomic E-state index is -1.08. The highest BCUT2D eigenvalue weighted by atomic mass is 32.1. The van der Waals surface area contributed by atoms with Gasteiger partial charge in [-0.1, -0.05) is 36.4 Å². The van der Waals surface area contributed by atoms with Crippen LogP contribution in [-0.2, 0) is 26.4 Å². The average Bonchev–Trinajstić information content (AvgIpc) is 3.17. The molecular formula is C23H21N3O4S. The third-order valence-electron chi connectivity index (χ3n) is 5.26. The summed E-state index contributed by atoms with van der Waals surface area (Å²) in [5, 5.41) is 10.1. The molecule has 4 aromatic rings. The number of hydrogen-bond acceptors (Lipinski definition) is 5. The number of nitrogens with zero attached hydrogens (tertiary/aromatic N) is 3. The van der Waals surface area contributed by atoms with Gasteiger partial charge in [-0.2, -0.15) is 0 Å². The molecule has 0 spiro atoms. The molecule has 1 aromatic carbocycles. The molecule has 7 nitrogen and oxygen atoms in total. The van der Waals surface area contributed by atoms with Gasteiger partial charge in [0.05, 0.1) is 11.9 Å². The van der Waals surface area contributed by atoms with Crippen LogP contribution in [0.5, 0.6) is 0 Å². The molecule has 1 N–H and O–H groups in total. The Morgan fingerprint density at radius 3 is 2.48 bits per heavy atom. The Balaban J connectivity index is 1.80. The number of aromatic nitrogens is 3. The van der Waals surface area contributed by atoms with Gasteiger partial charge < -0.3 is 5.11 Å². The summed E-state index contributed by atoms with van der Waals surface area (Å²) in [6, 6.07) is 13.1. The summed E-state index contributed by atoms with van der Waals surface area (Å²) in [5.74, 6) is -1.08. The summed E-state index contributed by atoms with van der Waals surface area (Å²) in [7, 11) is 1.58. The topological polar surface area (TPSA) is 94.2 Å². The Morgan fingerprint density at radius 2 is 1.81 bits per heavy atom. The number of fused-ring (bicyclic) bond motifs is 1. The molecule has 8 heteroatoms. The summed E-state index contributed by atoms with van der Waals surface area (Å²) < 4.78 is 2.56. The van der Waals surface area contributed by atoms with Crippen LogP contribution in [0.15, 0.2) is 64.4 Å². The number of pyridine rings is 1. The van der Waals surface area contributed by atoms with Crippen molar-refractivity contribution in [3.05, 3.63) is 97.3 Å². The molecule has 0 atom stereocenters. The number of rotatable bonds is 7. The van der Waals surface area contributed by atoms with Gasteiger partial charge in [0, 0.05) is 19.4 Å². The van der Waals surface area contributed by atoms with E-state index in [-0.39, 0.29) is 11.4 Å². The van der Waals surface area contributed by atoms with E-state index in [9.17, 15) is 19.5 Å². The third kappa shape index (κ3) is 4.06. The van der Waals surface area contributed by atoms with E-state index < -0.39 is 17.2 Å². The SMILES string of the molecule is Cn1c(=O)n(Cc2ccccc2)c(=O)c2c(CCCc3cccnc3)c(C(=O)O)sc21. The molecule has 0 aliphatic heterocycles. The molecule has 0 radical (unpaired) electrons. The molecule has 0 bridgehead atoms. The normalized spacial score (nSPS) is 11.1. The largest absolute Gasteiger partial charge is 0.477 e. The highest BCUT2D eigenvalue weighted by Gasteiger charge is 2.24. The van der Waals surface area contributed by atoms with Crippen molar-refractivity contribution >= 4 is 27.5 Å². The van der Waals surface area contributed by atoms with E-state index in [0.717, 1.165) is 22.5 Å². The van der Waals surface area contributed by atoms with E-state index in [0.29, 0.717) is 35.0 Å². The fourth-order valence-electron chi connectivity index (χ4n) is 3.73. The summed E-state index contributed by atoms with van der Waals surface area (Å²) in [4.78, 5) is 42.7. The maximum Gasteiger partial charge on any atom is 0.346 e. The van der Waals surface area contributed by atoms with Crippen LogP contribution in [0.2, 0.25) is 0 Å². The predicted octanol–water partition coefficient (Wildman–Crippen LogP) is 3.08. The van der Waals surface area contributed by atoms with Crippen LogP contribution >= 0.6 is 11.3 Å². The molecule has 0 unspecified atom stereocenters. The first-order valence-corrected chi connectivity index (χ1v) is 10.7. The summed E-state index contributed by atoms with van der Waals surface area (Å²) in [6.45, 7) is 0.135. The lowest BCUT2D eigenvalue weighted by Gasteiger charge is -2.09. The van der Waals surface area contributed by atoms with Gasteiger partial charge in [-0.3, -0.25) is 18.9 Å². The number of carboxylic acid groups (broad SMARTS) is 1. The number of carboxylic acids is 1. The lowest BCUT2D eigenvalue weighted by atomic mass is 10.0. The fourth-order valence-corrected chi connectivity index (χ4v) is 4.87. The predicted molar refractivity (Wildman–Crippen MR) is 120 cm³/mol. The van der Waals surface area contributed by atoms with Gasteiger partial charge >= 0.3 is 11.7 Å². The molecule has 3 aromatic heterocycles. The number of carbonyl (C=O) groups is 1. The standard InChI is InChI=1S/C23H21N3O4S/c1-25-21-18(20(27)26(23(25)30)14-16-7-3-2-4-8-16)17(19(31-21)22(28)29)11-5-9-15-10-6-12-24-13-15/h2-4,6-8,10,12-13H,5,9,11,14H2,1H3,(H,28,29). The first-order chi connectivity index (χ1) is 15.0. The molecular weight excluding hydrogens is 414 g/mol. The second-order valence-electron chi connectivity index (χ2n) is 7.33. The fraction of sp³-hybridized carbons (Fsp3) is 0.217. The summed E-state index contributed by atoms with van der Waals surface area (Å²) in [6.07, 6.45) is 5.29. The van der Waals surface area contributed by atoms with E-state index >= 15 is 0 Å². The van der Waals surface area contributed by atoms with E-state index in [2.05, 4.69) is 4.98 Å². The number of hydrogen-bond donors (Lipinski definition) is 1. The highest BCUT2D eigenvalue weighted by Crippen LogP contribution is 2.29. The van der Waals surface area contributed by atoms with Crippen LogP contribution in [0.4, 0.5) is 0 Å². The average molecular weight is 436 g/mol. The molecule has 0 fully saturated rings. The van der Waals surface area contributed by atoms with Gasteiger partial charge in [0.15, 0.2) is 0 Å². The number of aromatic carboxylic acids is 1. The Hall–Kier alpha value is -3.52. The van der Waals surface area contributed by atoms with Crippen LogP contribution in [0.1, 0.15) is 32.8 Å². The van der Waals surface area contributed by atoms with E-state index in [1.54, 1.807) is 19.4 Å².